The van der Waals surface area contributed by atoms with E-state index in [1.54, 1.807) is 6.20 Å². The Bertz CT molecular complexity index is 706. The monoisotopic (exact) mass is 347 g/mol. The molecule has 1 saturated heterocycles. The highest BCUT2D eigenvalue weighted by molar-refractivity contribution is 5.07. The highest BCUT2D eigenvalue weighted by atomic mass is 16.5. The van der Waals surface area contributed by atoms with Crippen LogP contribution in [0.15, 0.2) is 15.1 Å². The van der Waals surface area contributed by atoms with Gasteiger partial charge in [0.1, 0.15) is 5.76 Å². The minimum Gasteiger partial charge on any atom is -0.445 e. The summed E-state index contributed by atoms with van der Waals surface area (Å²) in [6.45, 7) is 13.6. The average Bonchev–Trinajstić information content (AvgIpc) is 3.23. The van der Waals surface area contributed by atoms with Crippen LogP contribution in [0, 0.1) is 5.41 Å². The Morgan fingerprint density at radius 1 is 1.08 bits per heavy atom. The fraction of sp³-hybridized carbons (Fsp3) is 0.737. The molecule has 0 spiro atoms. The van der Waals surface area contributed by atoms with E-state index in [9.17, 15) is 0 Å². The molecule has 2 aromatic heterocycles. The third-order valence-electron chi connectivity index (χ3n) is 4.61. The van der Waals surface area contributed by atoms with Crippen LogP contribution in [0.4, 0.5) is 0 Å². The molecule has 6 nitrogen and oxygen atoms in total. The molecule has 3 heterocycles. The van der Waals surface area contributed by atoms with Crippen molar-refractivity contribution in [3.05, 3.63) is 29.6 Å². The number of oxazole rings is 1. The van der Waals surface area contributed by atoms with E-state index < -0.39 is 0 Å². The summed E-state index contributed by atoms with van der Waals surface area (Å²) in [4.78, 5) is 8.95. The maximum absolute atomic E-state index is 5.91. The van der Waals surface area contributed by atoms with E-state index in [1.165, 1.54) is 0 Å². The number of nitrogens with zero attached hydrogens (tertiary/aromatic N) is 3. The molecule has 0 aliphatic carbocycles. The van der Waals surface area contributed by atoms with Gasteiger partial charge in [-0.1, -0.05) is 46.7 Å². The van der Waals surface area contributed by atoms with Gasteiger partial charge in [0.25, 0.3) is 0 Å². The van der Waals surface area contributed by atoms with Crippen LogP contribution >= 0.6 is 0 Å². The maximum atomic E-state index is 5.91. The third-order valence-corrected chi connectivity index (χ3v) is 4.61. The van der Waals surface area contributed by atoms with Gasteiger partial charge in [-0.2, -0.15) is 4.98 Å². The number of hydrogen-bond acceptors (Lipinski definition) is 6. The lowest BCUT2D eigenvalue weighted by Crippen LogP contribution is -2.30. The Hall–Kier alpha value is -1.69. The van der Waals surface area contributed by atoms with Crippen molar-refractivity contribution in [2.24, 2.45) is 5.41 Å². The summed E-state index contributed by atoms with van der Waals surface area (Å²) in [5.74, 6) is 3.19. The van der Waals surface area contributed by atoms with E-state index in [-0.39, 0.29) is 22.9 Å². The first-order valence-electron chi connectivity index (χ1n) is 9.04. The highest BCUT2D eigenvalue weighted by Crippen LogP contribution is 2.39. The Balaban J connectivity index is 1.63. The summed E-state index contributed by atoms with van der Waals surface area (Å²) in [5, 5.41) is 4.20. The molecule has 1 aliphatic heterocycles. The van der Waals surface area contributed by atoms with Crippen molar-refractivity contribution in [2.75, 3.05) is 6.61 Å². The Morgan fingerprint density at radius 2 is 1.80 bits per heavy atom. The number of ether oxygens (including phenoxy) is 1. The van der Waals surface area contributed by atoms with Crippen LogP contribution in [0.3, 0.4) is 0 Å². The lowest BCUT2D eigenvalue weighted by Gasteiger charge is -2.29. The molecule has 1 aliphatic rings. The van der Waals surface area contributed by atoms with Crippen LogP contribution in [0.5, 0.6) is 0 Å². The van der Waals surface area contributed by atoms with Crippen molar-refractivity contribution in [3.8, 4) is 0 Å². The molecule has 3 rings (SSSR count). The molecule has 0 saturated carbocycles. The van der Waals surface area contributed by atoms with Gasteiger partial charge in [-0.05, 0) is 11.8 Å². The van der Waals surface area contributed by atoms with E-state index in [0.717, 1.165) is 24.6 Å². The second-order valence-electron chi connectivity index (χ2n) is 8.97. The predicted octanol–water partition coefficient (Wildman–Crippen LogP) is 4.06. The number of aryl methyl sites for hydroxylation is 2. The minimum atomic E-state index is -0.0344. The smallest absolute Gasteiger partial charge is 0.227 e. The molecule has 138 valence electrons. The van der Waals surface area contributed by atoms with Gasteiger partial charge in [-0.15, -0.1) is 0 Å². The maximum Gasteiger partial charge on any atom is 0.227 e. The van der Waals surface area contributed by atoms with Crippen LogP contribution in [0.1, 0.15) is 77.2 Å². The van der Waals surface area contributed by atoms with Crippen molar-refractivity contribution in [2.45, 2.75) is 78.2 Å². The second kappa shape index (κ2) is 6.56. The Morgan fingerprint density at radius 3 is 2.44 bits per heavy atom. The summed E-state index contributed by atoms with van der Waals surface area (Å²) >= 11 is 0. The molecule has 0 aromatic carbocycles. The first kappa shape index (κ1) is 18.1. The number of hydrogen-bond donors (Lipinski definition) is 0. The van der Waals surface area contributed by atoms with Gasteiger partial charge in [-0.25, -0.2) is 4.98 Å². The minimum absolute atomic E-state index is 0.0344. The number of rotatable bonds is 4. The number of aromatic nitrogens is 3. The molecule has 0 amide bonds. The summed E-state index contributed by atoms with van der Waals surface area (Å²) in [6.07, 6.45) is 4.15. The van der Waals surface area contributed by atoms with Crippen LogP contribution < -0.4 is 0 Å². The van der Waals surface area contributed by atoms with Gasteiger partial charge in [0.15, 0.2) is 11.7 Å². The Kier molecular flexibility index (Phi) is 4.75. The first-order valence-corrected chi connectivity index (χ1v) is 9.04. The van der Waals surface area contributed by atoms with Crippen molar-refractivity contribution in [3.63, 3.8) is 0 Å². The van der Waals surface area contributed by atoms with Gasteiger partial charge in [0.05, 0.1) is 18.2 Å². The quantitative estimate of drug-likeness (QED) is 0.830. The molecule has 2 aromatic rings. The van der Waals surface area contributed by atoms with E-state index in [0.29, 0.717) is 24.6 Å². The zero-order chi connectivity index (χ0) is 18.2. The topological polar surface area (TPSA) is 74.2 Å². The van der Waals surface area contributed by atoms with Gasteiger partial charge in [0, 0.05) is 24.9 Å². The largest absolute Gasteiger partial charge is 0.445 e. The lowest BCUT2D eigenvalue weighted by atomic mass is 9.81. The zero-order valence-electron chi connectivity index (χ0n) is 16.1. The molecule has 0 radical (unpaired) electrons. The predicted molar refractivity (Wildman–Crippen MR) is 93.5 cm³/mol. The zero-order valence-corrected chi connectivity index (χ0v) is 16.1. The molecule has 6 heteroatoms. The summed E-state index contributed by atoms with van der Waals surface area (Å²) < 4.78 is 17.2. The molecule has 25 heavy (non-hydrogen) atoms. The second-order valence-corrected chi connectivity index (χ2v) is 8.97. The normalized spacial score (nSPS) is 21.8. The van der Waals surface area contributed by atoms with Crippen molar-refractivity contribution in [1.82, 2.24) is 15.1 Å². The summed E-state index contributed by atoms with van der Waals surface area (Å²) in [6, 6.07) is 0. The van der Waals surface area contributed by atoms with Crippen molar-refractivity contribution in [1.29, 1.82) is 0 Å². The van der Waals surface area contributed by atoms with Gasteiger partial charge in [-0.3, -0.25) is 0 Å². The first-order chi connectivity index (χ1) is 11.6. The summed E-state index contributed by atoms with van der Waals surface area (Å²) in [5.41, 5.74) is 0.0246. The molecule has 2 atom stereocenters. The van der Waals surface area contributed by atoms with Crippen LogP contribution in [-0.2, 0) is 23.0 Å². The Labute approximate surface area is 149 Å². The van der Waals surface area contributed by atoms with E-state index in [1.807, 2.05) is 0 Å². The lowest BCUT2D eigenvalue weighted by molar-refractivity contribution is 0.0193. The van der Waals surface area contributed by atoms with Crippen LogP contribution in [-0.4, -0.2) is 27.8 Å². The molecule has 0 unspecified atom stereocenters. The summed E-state index contributed by atoms with van der Waals surface area (Å²) in [7, 11) is 0. The van der Waals surface area contributed by atoms with E-state index in [2.05, 4.69) is 56.7 Å². The van der Waals surface area contributed by atoms with Gasteiger partial charge in [0.2, 0.25) is 5.89 Å². The highest BCUT2D eigenvalue weighted by Gasteiger charge is 2.40. The fourth-order valence-corrected chi connectivity index (χ4v) is 3.21. The van der Waals surface area contributed by atoms with Gasteiger partial charge < -0.3 is 13.7 Å². The molecular weight excluding hydrogens is 318 g/mol. The van der Waals surface area contributed by atoms with Crippen molar-refractivity contribution < 1.29 is 13.7 Å². The van der Waals surface area contributed by atoms with E-state index >= 15 is 0 Å². The van der Waals surface area contributed by atoms with E-state index in [4.69, 9.17) is 13.7 Å². The van der Waals surface area contributed by atoms with Gasteiger partial charge >= 0.3 is 0 Å². The van der Waals surface area contributed by atoms with Crippen molar-refractivity contribution >= 4 is 0 Å². The SMILES string of the molecule is CC(C)(C)c1cnc(CCc2nc([C@H]3CCO[C@@H]3C(C)(C)C)no2)o1. The third kappa shape index (κ3) is 4.11. The average molecular weight is 347 g/mol. The standard InChI is InChI=1S/C19H29N3O3/c1-18(2,3)13-11-20-14(24-13)7-8-15-21-17(22-25-15)12-9-10-23-16(12)19(4,5)6/h11-12,16H,7-10H2,1-6H3/t12-,16-/m0/s1. The molecular formula is C19H29N3O3. The molecule has 0 N–H and O–H groups in total. The molecule has 0 bridgehead atoms. The van der Waals surface area contributed by atoms with Crippen LogP contribution in [0.25, 0.3) is 0 Å². The molecule has 1 fully saturated rings. The fourth-order valence-electron chi connectivity index (χ4n) is 3.21. The van der Waals surface area contributed by atoms with Crippen LogP contribution in [0.2, 0.25) is 0 Å².